The van der Waals surface area contributed by atoms with Gasteiger partial charge in [0.1, 0.15) is 0 Å². The maximum absolute atomic E-state index is 5.11. The van der Waals surface area contributed by atoms with Gasteiger partial charge in [-0.3, -0.25) is 0 Å². The van der Waals surface area contributed by atoms with Crippen LogP contribution in [-0.4, -0.2) is 6.04 Å². The Kier molecular flexibility index (Phi) is 3.93. The first kappa shape index (κ1) is 12.7. The molecule has 2 atom stereocenters. The van der Waals surface area contributed by atoms with E-state index >= 15 is 0 Å². The third-order valence-corrected chi connectivity index (χ3v) is 4.03. The van der Waals surface area contributed by atoms with Gasteiger partial charge in [-0.2, -0.15) is 0 Å². The topological polar surface area (TPSA) is 25.2 Å². The van der Waals surface area contributed by atoms with Crippen molar-refractivity contribution in [2.45, 2.75) is 59.0 Å². The van der Waals surface area contributed by atoms with Gasteiger partial charge in [0.25, 0.3) is 0 Å². The van der Waals surface area contributed by atoms with Gasteiger partial charge in [-0.25, -0.2) is 0 Å². The van der Waals surface area contributed by atoms with Gasteiger partial charge in [0.15, 0.2) is 0 Å². The van der Waals surface area contributed by atoms with Crippen LogP contribution in [0.5, 0.6) is 0 Å². The smallest absolute Gasteiger partial charge is 0.0947 e. The summed E-state index contributed by atoms with van der Waals surface area (Å²) in [6.07, 6.45) is 9.04. The van der Waals surface area contributed by atoms with Crippen LogP contribution in [0.15, 0.2) is 23.0 Å². The van der Waals surface area contributed by atoms with Gasteiger partial charge in [0, 0.05) is 18.2 Å². The van der Waals surface area contributed by atoms with Crippen molar-refractivity contribution >= 4 is 0 Å². The van der Waals surface area contributed by atoms with E-state index in [0.717, 1.165) is 12.5 Å². The molecular formula is C15H25NO. The van der Waals surface area contributed by atoms with Gasteiger partial charge >= 0.3 is 0 Å². The molecule has 2 rings (SSSR count). The normalized spacial score (nSPS) is 26.1. The highest BCUT2D eigenvalue weighted by Gasteiger charge is 2.33. The quantitative estimate of drug-likeness (QED) is 0.857. The van der Waals surface area contributed by atoms with E-state index in [2.05, 4.69) is 26.1 Å². The van der Waals surface area contributed by atoms with Crippen LogP contribution in [0.1, 0.15) is 52.0 Å². The molecule has 0 aromatic carbocycles. The molecule has 1 saturated carbocycles. The molecule has 1 fully saturated rings. The lowest BCUT2D eigenvalue weighted by atomic mass is 9.69. The summed E-state index contributed by atoms with van der Waals surface area (Å²) < 4.78 is 5.11. The zero-order valence-corrected chi connectivity index (χ0v) is 11.3. The molecular weight excluding hydrogens is 210 g/mol. The van der Waals surface area contributed by atoms with Crippen molar-refractivity contribution in [1.82, 2.24) is 5.32 Å². The van der Waals surface area contributed by atoms with Crippen molar-refractivity contribution in [1.29, 1.82) is 0 Å². The van der Waals surface area contributed by atoms with Crippen molar-refractivity contribution in [3.63, 3.8) is 0 Å². The summed E-state index contributed by atoms with van der Waals surface area (Å²) in [5, 5.41) is 3.72. The van der Waals surface area contributed by atoms with Gasteiger partial charge in [-0.05, 0) is 30.2 Å². The molecule has 0 bridgehead atoms. The zero-order chi connectivity index (χ0) is 12.3. The van der Waals surface area contributed by atoms with Crippen LogP contribution in [0.4, 0.5) is 0 Å². The summed E-state index contributed by atoms with van der Waals surface area (Å²) in [5.41, 5.74) is 1.66. The highest BCUT2D eigenvalue weighted by molar-refractivity contribution is 5.05. The molecule has 1 aromatic rings. The van der Waals surface area contributed by atoms with Crippen molar-refractivity contribution in [3.8, 4) is 0 Å². The molecule has 2 nitrogen and oxygen atoms in total. The average molecular weight is 235 g/mol. The van der Waals surface area contributed by atoms with E-state index in [0.29, 0.717) is 11.5 Å². The fraction of sp³-hybridized carbons (Fsp3) is 0.733. The molecule has 1 aromatic heterocycles. The van der Waals surface area contributed by atoms with Crippen molar-refractivity contribution < 1.29 is 4.42 Å². The number of nitrogens with one attached hydrogen (secondary N) is 1. The van der Waals surface area contributed by atoms with Crippen molar-refractivity contribution in [2.75, 3.05) is 0 Å². The monoisotopic (exact) mass is 235 g/mol. The fourth-order valence-corrected chi connectivity index (χ4v) is 3.05. The first-order chi connectivity index (χ1) is 8.07. The molecule has 1 heterocycles. The molecule has 0 saturated heterocycles. The van der Waals surface area contributed by atoms with E-state index in [1.807, 2.05) is 12.3 Å². The van der Waals surface area contributed by atoms with Crippen LogP contribution < -0.4 is 5.32 Å². The lowest BCUT2D eigenvalue weighted by Gasteiger charge is -2.41. The van der Waals surface area contributed by atoms with E-state index in [-0.39, 0.29) is 0 Å². The van der Waals surface area contributed by atoms with Crippen LogP contribution in [0, 0.1) is 11.3 Å². The highest BCUT2D eigenvalue weighted by atomic mass is 16.3. The SMILES string of the molecule is CC(C)(C)C1CCCCC1NCc1ccoc1. The molecule has 0 spiro atoms. The average Bonchev–Trinajstić information content (AvgIpc) is 2.78. The summed E-state index contributed by atoms with van der Waals surface area (Å²) >= 11 is 0. The Morgan fingerprint density at radius 1 is 1.29 bits per heavy atom. The first-order valence-electron chi connectivity index (χ1n) is 6.82. The summed E-state index contributed by atoms with van der Waals surface area (Å²) in [7, 11) is 0. The van der Waals surface area contributed by atoms with E-state index in [4.69, 9.17) is 4.42 Å². The Bertz CT molecular complexity index is 323. The van der Waals surface area contributed by atoms with Crippen molar-refractivity contribution in [2.24, 2.45) is 11.3 Å². The maximum atomic E-state index is 5.11. The summed E-state index contributed by atoms with van der Waals surface area (Å²) in [6.45, 7) is 8.05. The van der Waals surface area contributed by atoms with Crippen molar-refractivity contribution in [3.05, 3.63) is 24.2 Å². The first-order valence-corrected chi connectivity index (χ1v) is 6.82. The van der Waals surface area contributed by atoms with Gasteiger partial charge in [-0.1, -0.05) is 33.6 Å². The molecule has 1 aliphatic rings. The van der Waals surface area contributed by atoms with Gasteiger partial charge < -0.3 is 9.73 Å². The summed E-state index contributed by atoms with van der Waals surface area (Å²) in [4.78, 5) is 0. The second-order valence-electron chi connectivity index (χ2n) is 6.38. The molecule has 1 N–H and O–H groups in total. The third-order valence-electron chi connectivity index (χ3n) is 4.03. The highest BCUT2D eigenvalue weighted by Crippen LogP contribution is 2.38. The third kappa shape index (κ3) is 3.35. The summed E-state index contributed by atoms with van der Waals surface area (Å²) in [6, 6.07) is 2.71. The van der Waals surface area contributed by atoms with Crippen LogP contribution in [-0.2, 0) is 6.54 Å². The molecule has 0 radical (unpaired) electrons. The zero-order valence-electron chi connectivity index (χ0n) is 11.3. The van der Waals surface area contributed by atoms with Gasteiger partial charge in [-0.15, -0.1) is 0 Å². The Morgan fingerprint density at radius 3 is 2.71 bits per heavy atom. The molecule has 17 heavy (non-hydrogen) atoms. The van der Waals surface area contributed by atoms with E-state index in [1.54, 1.807) is 6.26 Å². The number of rotatable bonds is 3. The maximum Gasteiger partial charge on any atom is 0.0947 e. The number of furan rings is 1. The Morgan fingerprint density at radius 2 is 2.06 bits per heavy atom. The van der Waals surface area contributed by atoms with E-state index in [1.165, 1.54) is 31.2 Å². The predicted molar refractivity (Wildman–Crippen MR) is 70.7 cm³/mol. The molecule has 0 amide bonds. The Labute approximate surface area is 105 Å². The standard InChI is InChI=1S/C15H25NO/c1-15(2,3)13-6-4-5-7-14(13)16-10-12-8-9-17-11-12/h8-9,11,13-14,16H,4-7,10H2,1-3H3. The minimum Gasteiger partial charge on any atom is -0.472 e. The minimum atomic E-state index is 0.411. The molecule has 2 unspecified atom stereocenters. The van der Waals surface area contributed by atoms with Crippen LogP contribution in [0.3, 0.4) is 0 Å². The van der Waals surface area contributed by atoms with Crippen LogP contribution >= 0.6 is 0 Å². The largest absolute Gasteiger partial charge is 0.472 e. The molecule has 96 valence electrons. The second-order valence-corrected chi connectivity index (χ2v) is 6.38. The minimum absolute atomic E-state index is 0.411. The lowest BCUT2D eigenvalue weighted by molar-refractivity contribution is 0.130. The van der Waals surface area contributed by atoms with E-state index < -0.39 is 0 Å². The predicted octanol–water partition coefficient (Wildman–Crippen LogP) is 3.97. The molecule has 0 aliphatic heterocycles. The lowest BCUT2D eigenvalue weighted by Crippen LogP contribution is -2.43. The summed E-state index contributed by atoms with van der Waals surface area (Å²) in [5.74, 6) is 0.795. The van der Waals surface area contributed by atoms with Gasteiger partial charge in [0.2, 0.25) is 0 Å². The van der Waals surface area contributed by atoms with Crippen LogP contribution in [0.2, 0.25) is 0 Å². The second kappa shape index (κ2) is 5.26. The number of hydrogen-bond acceptors (Lipinski definition) is 2. The number of hydrogen-bond donors (Lipinski definition) is 1. The fourth-order valence-electron chi connectivity index (χ4n) is 3.05. The van der Waals surface area contributed by atoms with Crippen LogP contribution in [0.25, 0.3) is 0 Å². The van der Waals surface area contributed by atoms with Gasteiger partial charge in [0.05, 0.1) is 12.5 Å². The molecule has 1 aliphatic carbocycles. The molecule has 2 heteroatoms. The Balaban J connectivity index is 1.92. The van der Waals surface area contributed by atoms with E-state index in [9.17, 15) is 0 Å². The Hall–Kier alpha value is -0.760.